The molecule has 2 N–H and O–H groups in total. The van der Waals surface area contributed by atoms with Gasteiger partial charge in [-0.3, -0.25) is 4.79 Å². The molecular weight excluding hydrogens is 220 g/mol. The number of nitrogens with one attached hydrogen (secondary N) is 1. The Hall–Kier alpha value is -1.36. The number of aliphatic hydroxyl groups is 1. The van der Waals surface area contributed by atoms with Crippen LogP contribution in [0.3, 0.4) is 0 Å². The van der Waals surface area contributed by atoms with Crippen molar-refractivity contribution in [3.05, 3.63) is 17.0 Å². The van der Waals surface area contributed by atoms with Crippen LogP contribution in [0.5, 0.6) is 0 Å². The summed E-state index contributed by atoms with van der Waals surface area (Å²) in [6, 6.07) is -0.148. The lowest BCUT2D eigenvalue weighted by molar-refractivity contribution is 0.0716. The molecule has 1 aromatic heterocycles. The Labute approximate surface area is 100 Å². The minimum Gasteiger partial charge on any atom is -0.391 e. The molecule has 1 amide bonds. The van der Waals surface area contributed by atoms with Gasteiger partial charge in [-0.25, -0.2) is 0 Å². The third-order valence-electron chi connectivity index (χ3n) is 3.31. The molecule has 1 aliphatic rings. The van der Waals surface area contributed by atoms with Gasteiger partial charge in [0, 0.05) is 0 Å². The van der Waals surface area contributed by atoms with E-state index in [4.69, 9.17) is 4.52 Å². The largest absolute Gasteiger partial charge is 0.391 e. The fourth-order valence-electron chi connectivity index (χ4n) is 2.33. The minimum atomic E-state index is -0.437. The third-order valence-corrected chi connectivity index (χ3v) is 3.31. The molecule has 0 radical (unpaired) electrons. The summed E-state index contributed by atoms with van der Waals surface area (Å²) in [6.45, 7) is 3.45. The van der Waals surface area contributed by atoms with Crippen molar-refractivity contribution < 1.29 is 14.4 Å². The Morgan fingerprint density at radius 3 is 2.71 bits per heavy atom. The molecule has 0 aromatic carbocycles. The number of aryl methyl sites for hydroxylation is 2. The minimum absolute atomic E-state index is 0.148. The molecule has 0 aliphatic heterocycles. The number of aliphatic hydroxyl groups excluding tert-OH is 1. The van der Waals surface area contributed by atoms with E-state index in [1.807, 2.05) is 0 Å². The molecule has 1 fully saturated rings. The predicted octanol–water partition coefficient (Wildman–Crippen LogP) is 1.32. The van der Waals surface area contributed by atoms with Gasteiger partial charge in [0.1, 0.15) is 11.3 Å². The Morgan fingerprint density at radius 2 is 2.12 bits per heavy atom. The van der Waals surface area contributed by atoms with Crippen molar-refractivity contribution in [2.75, 3.05) is 0 Å². The Balaban J connectivity index is 2.06. The lowest BCUT2D eigenvalue weighted by atomic mass is 9.92. The summed E-state index contributed by atoms with van der Waals surface area (Å²) in [6.07, 6.45) is 3.22. The first-order valence-corrected chi connectivity index (χ1v) is 6.01. The number of amides is 1. The average Bonchev–Trinajstić information content (AvgIpc) is 2.62. The first kappa shape index (κ1) is 12.1. The number of carbonyl (C=O) groups is 1. The molecule has 5 heteroatoms. The molecule has 0 spiro atoms. The zero-order chi connectivity index (χ0) is 12.4. The van der Waals surface area contributed by atoms with Gasteiger partial charge in [-0.1, -0.05) is 18.0 Å². The van der Waals surface area contributed by atoms with Crippen LogP contribution >= 0.6 is 0 Å². The monoisotopic (exact) mass is 238 g/mol. The third kappa shape index (κ3) is 2.49. The van der Waals surface area contributed by atoms with Gasteiger partial charge in [-0.15, -0.1) is 0 Å². The van der Waals surface area contributed by atoms with Gasteiger partial charge in [0.2, 0.25) is 0 Å². The number of nitrogens with zero attached hydrogens (tertiary/aromatic N) is 1. The number of rotatable bonds is 2. The highest BCUT2D eigenvalue weighted by molar-refractivity contribution is 5.96. The highest BCUT2D eigenvalue weighted by Crippen LogP contribution is 2.19. The van der Waals surface area contributed by atoms with E-state index in [1.54, 1.807) is 13.8 Å². The molecule has 94 valence electrons. The fraction of sp³-hybridized carbons (Fsp3) is 0.667. The zero-order valence-electron chi connectivity index (χ0n) is 10.2. The number of aromatic nitrogens is 1. The van der Waals surface area contributed by atoms with Crippen LogP contribution in [-0.4, -0.2) is 28.3 Å². The zero-order valence-corrected chi connectivity index (χ0v) is 10.2. The molecule has 1 heterocycles. The van der Waals surface area contributed by atoms with E-state index in [-0.39, 0.29) is 11.9 Å². The quantitative estimate of drug-likeness (QED) is 0.815. The average molecular weight is 238 g/mol. The van der Waals surface area contributed by atoms with Gasteiger partial charge < -0.3 is 14.9 Å². The van der Waals surface area contributed by atoms with Crippen LogP contribution in [0, 0.1) is 13.8 Å². The first-order chi connectivity index (χ1) is 8.09. The first-order valence-electron chi connectivity index (χ1n) is 6.01. The summed E-state index contributed by atoms with van der Waals surface area (Å²) in [5.41, 5.74) is 1.08. The topological polar surface area (TPSA) is 75.4 Å². The lowest BCUT2D eigenvalue weighted by Crippen LogP contribution is -2.45. The summed E-state index contributed by atoms with van der Waals surface area (Å²) in [5.74, 6) is 0.317. The molecule has 1 saturated carbocycles. The van der Waals surface area contributed by atoms with Crippen LogP contribution in [0.1, 0.15) is 47.5 Å². The van der Waals surface area contributed by atoms with Crippen LogP contribution in [0.2, 0.25) is 0 Å². The number of hydrogen-bond acceptors (Lipinski definition) is 4. The van der Waals surface area contributed by atoms with Gasteiger partial charge >= 0.3 is 0 Å². The maximum atomic E-state index is 12.0. The highest BCUT2D eigenvalue weighted by Gasteiger charge is 2.27. The van der Waals surface area contributed by atoms with E-state index in [1.165, 1.54) is 0 Å². The molecule has 2 atom stereocenters. The van der Waals surface area contributed by atoms with Crippen LogP contribution in [0.25, 0.3) is 0 Å². The van der Waals surface area contributed by atoms with Crippen molar-refractivity contribution in [1.82, 2.24) is 10.5 Å². The second kappa shape index (κ2) is 4.87. The molecule has 2 rings (SSSR count). The van der Waals surface area contributed by atoms with Crippen molar-refractivity contribution in [3.63, 3.8) is 0 Å². The van der Waals surface area contributed by atoms with Crippen molar-refractivity contribution in [2.24, 2.45) is 0 Å². The predicted molar refractivity (Wildman–Crippen MR) is 61.7 cm³/mol. The SMILES string of the molecule is Cc1noc(C)c1C(=O)N[C@H]1CCCC[C@@H]1O. The second-order valence-corrected chi connectivity index (χ2v) is 4.63. The van der Waals surface area contributed by atoms with Gasteiger partial charge in [0.15, 0.2) is 0 Å². The molecule has 5 nitrogen and oxygen atoms in total. The van der Waals surface area contributed by atoms with Crippen LogP contribution < -0.4 is 5.32 Å². The smallest absolute Gasteiger partial charge is 0.257 e. The Morgan fingerprint density at radius 1 is 1.41 bits per heavy atom. The second-order valence-electron chi connectivity index (χ2n) is 4.63. The fourth-order valence-corrected chi connectivity index (χ4v) is 2.33. The van der Waals surface area contributed by atoms with Crippen LogP contribution in [0.4, 0.5) is 0 Å². The molecule has 0 unspecified atom stereocenters. The maximum Gasteiger partial charge on any atom is 0.257 e. The van der Waals surface area contributed by atoms with Gasteiger partial charge in [-0.2, -0.15) is 0 Å². The lowest BCUT2D eigenvalue weighted by Gasteiger charge is -2.28. The van der Waals surface area contributed by atoms with Crippen molar-refractivity contribution >= 4 is 5.91 Å². The molecule has 17 heavy (non-hydrogen) atoms. The Bertz CT molecular complexity index is 394. The summed E-state index contributed by atoms with van der Waals surface area (Å²) < 4.78 is 4.96. The van der Waals surface area contributed by atoms with Crippen molar-refractivity contribution in [1.29, 1.82) is 0 Å². The van der Waals surface area contributed by atoms with E-state index in [0.717, 1.165) is 25.7 Å². The summed E-state index contributed by atoms with van der Waals surface area (Å²) in [7, 11) is 0. The molecule has 1 aromatic rings. The van der Waals surface area contributed by atoms with Crippen LogP contribution in [-0.2, 0) is 0 Å². The van der Waals surface area contributed by atoms with E-state index < -0.39 is 6.10 Å². The van der Waals surface area contributed by atoms with E-state index in [2.05, 4.69) is 10.5 Å². The van der Waals surface area contributed by atoms with E-state index in [9.17, 15) is 9.90 Å². The van der Waals surface area contributed by atoms with E-state index in [0.29, 0.717) is 17.0 Å². The number of carbonyl (C=O) groups excluding carboxylic acids is 1. The molecule has 0 saturated heterocycles. The summed E-state index contributed by atoms with van der Waals surface area (Å²) in [4.78, 5) is 12.0. The van der Waals surface area contributed by atoms with Gasteiger partial charge in [-0.05, 0) is 26.7 Å². The van der Waals surface area contributed by atoms with Crippen molar-refractivity contribution in [2.45, 2.75) is 51.7 Å². The number of hydrogen-bond donors (Lipinski definition) is 2. The standard InChI is InChI=1S/C12H18N2O3/c1-7-11(8(2)17-14-7)12(16)13-9-5-3-4-6-10(9)15/h9-10,15H,3-6H2,1-2H3,(H,13,16)/t9-,10-/m0/s1. The molecular formula is C12H18N2O3. The normalized spacial score (nSPS) is 24.6. The Kier molecular flexibility index (Phi) is 3.47. The van der Waals surface area contributed by atoms with E-state index >= 15 is 0 Å². The summed E-state index contributed by atoms with van der Waals surface area (Å²) >= 11 is 0. The van der Waals surface area contributed by atoms with Crippen molar-refractivity contribution in [3.8, 4) is 0 Å². The van der Waals surface area contributed by atoms with Gasteiger partial charge in [0.05, 0.1) is 17.8 Å². The highest BCUT2D eigenvalue weighted by atomic mass is 16.5. The van der Waals surface area contributed by atoms with Gasteiger partial charge in [0.25, 0.3) is 5.91 Å². The maximum absolute atomic E-state index is 12.0. The summed E-state index contributed by atoms with van der Waals surface area (Å²) in [5, 5.41) is 16.4. The molecule has 0 bridgehead atoms. The van der Waals surface area contributed by atoms with Crippen LogP contribution in [0.15, 0.2) is 4.52 Å². The molecule has 1 aliphatic carbocycles.